The van der Waals surface area contributed by atoms with Gasteiger partial charge in [-0.05, 0) is 44.4 Å². The molecule has 0 aromatic heterocycles. The van der Waals surface area contributed by atoms with E-state index >= 15 is 0 Å². The minimum Gasteiger partial charge on any atom is -0.492 e. The van der Waals surface area contributed by atoms with Gasteiger partial charge >= 0.3 is 0 Å². The van der Waals surface area contributed by atoms with Gasteiger partial charge in [-0.15, -0.1) is 0 Å². The second kappa shape index (κ2) is 7.97. The number of para-hydroxylation sites is 1. The minimum absolute atomic E-state index is 0.101. The number of piperidine rings is 1. The molecule has 0 saturated carbocycles. The average Bonchev–Trinajstić information content (AvgIpc) is 3.33. The Labute approximate surface area is 156 Å². The van der Waals surface area contributed by atoms with Crippen molar-refractivity contribution in [2.75, 3.05) is 52.5 Å². The molecule has 5 nitrogen and oxygen atoms in total. The zero-order valence-electron chi connectivity index (χ0n) is 15.6. The third kappa shape index (κ3) is 4.04. The first kappa shape index (κ1) is 17.8. The van der Waals surface area contributed by atoms with Crippen LogP contribution in [0.25, 0.3) is 0 Å². The van der Waals surface area contributed by atoms with E-state index in [1.165, 1.54) is 12.8 Å². The van der Waals surface area contributed by atoms with Gasteiger partial charge in [0.05, 0.1) is 12.5 Å². The molecule has 1 amide bonds. The van der Waals surface area contributed by atoms with Gasteiger partial charge in [0.15, 0.2) is 0 Å². The molecular weight excluding hydrogens is 328 g/mol. The molecule has 142 valence electrons. The summed E-state index contributed by atoms with van der Waals surface area (Å²) in [5.41, 5.74) is 0.292. The SMILES string of the molecule is O=C([C@@H]1CCOC1)N1CC[C@]2(CCCN(CCOc3ccccc3)C2)C1. The Bertz CT molecular complexity index is 603. The van der Waals surface area contributed by atoms with E-state index < -0.39 is 0 Å². The topological polar surface area (TPSA) is 42.0 Å². The van der Waals surface area contributed by atoms with E-state index in [1.54, 1.807) is 0 Å². The van der Waals surface area contributed by atoms with E-state index in [0.29, 0.717) is 17.9 Å². The highest BCUT2D eigenvalue weighted by molar-refractivity contribution is 5.79. The Morgan fingerprint density at radius 2 is 2.08 bits per heavy atom. The van der Waals surface area contributed by atoms with Crippen LogP contribution in [0.15, 0.2) is 30.3 Å². The van der Waals surface area contributed by atoms with Crippen molar-refractivity contribution in [2.24, 2.45) is 11.3 Å². The van der Waals surface area contributed by atoms with Crippen LogP contribution in [0, 0.1) is 11.3 Å². The monoisotopic (exact) mass is 358 g/mol. The fourth-order valence-corrected chi connectivity index (χ4v) is 4.75. The summed E-state index contributed by atoms with van der Waals surface area (Å²) in [7, 11) is 0. The van der Waals surface area contributed by atoms with Crippen molar-refractivity contribution in [1.29, 1.82) is 0 Å². The van der Waals surface area contributed by atoms with Gasteiger partial charge in [0.25, 0.3) is 0 Å². The zero-order chi connectivity index (χ0) is 17.8. The fourth-order valence-electron chi connectivity index (χ4n) is 4.75. The van der Waals surface area contributed by atoms with Crippen molar-refractivity contribution in [2.45, 2.75) is 25.7 Å². The predicted octanol–water partition coefficient (Wildman–Crippen LogP) is 2.42. The first-order chi connectivity index (χ1) is 12.7. The highest BCUT2D eigenvalue weighted by atomic mass is 16.5. The molecule has 4 rings (SSSR count). The second-order valence-corrected chi connectivity index (χ2v) is 8.11. The number of hydrogen-bond acceptors (Lipinski definition) is 4. The van der Waals surface area contributed by atoms with Gasteiger partial charge in [-0.2, -0.15) is 0 Å². The number of carbonyl (C=O) groups is 1. The summed E-state index contributed by atoms with van der Waals surface area (Å²) in [5.74, 6) is 1.36. The molecule has 3 saturated heterocycles. The van der Waals surface area contributed by atoms with Crippen LogP contribution in [0.5, 0.6) is 5.75 Å². The summed E-state index contributed by atoms with van der Waals surface area (Å²) >= 11 is 0. The van der Waals surface area contributed by atoms with Gasteiger partial charge in [0, 0.05) is 38.2 Å². The molecule has 3 aliphatic heterocycles. The number of ether oxygens (including phenoxy) is 2. The summed E-state index contributed by atoms with van der Waals surface area (Å²) in [6.45, 7) is 7.13. The summed E-state index contributed by atoms with van der Waals surface area (Å²) in [6, 6.07) is 10.0. The Morgan fingerprint density at radius 3 is 2.88 bits per heavy atom. The van der Waals surface area contributed by atoms with Crippen molar-refractivity contribution in [3.05, 3.63) is 30.3 Å². The van der Waals surface area contributed by atoms with Crippen LogP contribution < -0.4 is 4.74 Å². The van der Waals surface area contributed by atoms with E-state index in [9.17, 15) is 4.79 Å². The summed E-state index contributed by atoms with van der Waals surface area (Å²) in [4.78, 5) is 17.3. The van der Waals surface area contributed by atoms with Gasteiger partial charge in [0.1, 0.15) is 12.4 Å². The molecule has 26 heavy (non-hydrogen) atoms. The smallest absolute Gasteiger partial charge is 0.228 e. The first-order valence-corrected chi connectivity index (χ1v) is 10.0. The minimum atomic E-state index is 0.101. The number of likely N-dealkylation sites (tertiary alicyclic amines) is 2. The average molecular weight is 358 g/mol. The van der Waals surface area contributed by atoms with Crippen LogP contribution in [0.2, 0.25) is 0 Å². The lowest BCUT2D eigenvalue weighted by Gasteiger charge is -2.40. The summed E-state index contributed by atoms with van der Waals surface area (Å²) in [5, 5.41) is 0. The molecule has 3 fully saturated rings. The van der Waals surface area contributed by atoms with Crippen LogP contribution in [0.4, 0.5) is 0 Å². The van der Waals surface area contributed by atoms with E-state index in [2.05, 4.69) is 9.80 Å². The Hall–Kier alpha value is -1.59. The van der Waals surface area contributed by atoms with Crippen LogP contribution in [0.1, 0.15) is 25.7 Å². The van der Waals surface area contributed by atoms with Gasteiger partial charge in [-0.3, -0.25) is 9.69 Å². The molecule has 0 aliphatic carbocycles. The zero-order valence-corrected chi connectivity index (χ0v) is 15.6. The van der Waals surface area contributed by atoms with E-state index in [0.717, 1.165) is 64.5 Å². The van der Waals surface area contributed by atoms with Crippen molar-refractivity contribution >= 4 is 5.91 Å². The van der Waals surface area contributed by atoms with Crippen LogP contribution in [-0.2, 0) is 9.53 Å². The maximum atomic E-state index is 12.7. The maximum Gasteiger partial charge on any atom is 0.228 e. The Kier molecular flexibility index (Phi) is 5.46. The van der Waals surface area contributed by atoms with Crippen LogP contribution in [0.3, 0.4) is 0 Å². The molecule has 0 radical (unpaired) electrons. The molecule has 1 aromatic carbocycles. The van der Waals surface area contributed by atoms with Gasteiger partial charge in [-0.1, -0.05) is 18.2 Å². The van der Waals surface area contributed by atoms with Gasteiger partial charge in [-0.25, -0.2) is 0 Å². The number of carbonyl (C=O) groups excluding carboxylic acids is 1. The van der Waals surface area contributed by atoms with Gasteiger partial charge in [0.2, 0.25) is 5.91 Å². The third-order valence-corrected chi connectivity index (χ3v) is 6.19. The number of nitrogens with zero attached hydrogens (tertiary/aromatic N) is 2. The maximum absolute atomic E-state index is 12.7. The number of amides is 1. The molecule has 5 heteroatoms. The number of benzene rings is 1. The molecule has 3 heterocycles. The largest absolute Gasteiger partial charge is 0.492 e. The molecule has 2 atom stereocenters. The summed E-state index contributed by atoms with van der Waals surface area (Å²) in [6.07, 6.45) is 4.50. The highest BCUT2D eigenvalue weighted by Crippen LogP contribution is 2.39. The molecular formula is C21H30N2O3. The molecule has 1 aromatic rings. The quantitative estimate of drug-likeness (QED) is 0.811. The molecule has 1 spiro atoms. The number of rotatable bonds is 5. The lowest BCUT2D eigenvalue weighted by molar-refractivity contribution is -0.135. The molecule has 0 N–H and O–H groups in total. The standard InChI is InChI=1S/C21H30N2O3/c24-20(18-7-13-25-15-18)23-11-9-21(17-23)8-4-10-22(16-21)12-14-26-19-5-2-1-3-6-19/h1-3,5-6,18H,4,7-17H2/t18-,21+/m1/s1. The Morgan fingerprint density at radius 1 is 1.19 bits per heavy atom. The second-order valence-electron chi connectivity index (χ2n) is 8.11. The molecule has 0 bridgehead atoms. The van der Waals surface area contributed by atoms with E-state index in [-0.39, 0.29) is 5.92 Å². The van der Waals surface area contributed by atoms with Crippen molar-refractivity contribution in [3.8, 4) is 5.75 Å². The van der Waals surface area contributed by atoms with Crippen molar-refractivity contribution in [3.63, 3.8) is 0 Å². The van der Waals surface area contributed by atoms with Gasteiger partial charge < -0.3 is 14.4 Å². The third-order valence-electron chi connectivity index (χ3n) is 6.19. The molecule has 3 aliphatic rings. The van der Waals surface area contributed by atoms with Crippen LogP contribution in [-0.4, -0.2) is 68.3 Å². The summed E-state index contributed by atoms with van der Waals surface area (Å²) < 4.78 is 11.3. The highest BCUT2D eigenvalue weighted by Gasteiger charge is 2.44. The van der Waals surface area contributed by atoms with Crippen molar-refractivity contribution < 1.29 is 14.3 Å². The van der Waals surface area contributed by atoms with E-state index in [4.69, 9.17) is 9.47 Å². The predicted molar refractivity (Wildman–Crippen MR) is 100 cm³/mol. The van der Waals surface area contributed by atoms with Crippen molar-refractivity contribution in [1.82, 2.24) is 9.80 Å². The first-order valence-electron chi connectivity index (χ1n) is 10.0. The molecule has 0 unspecified atom stereocenters. The number of hydrogen-bond donors (Lipinski definition) is 0. The van der Waals surface area contributed by atoms with E-state index in [1.807, 2.05) is 30.3 Å². The van der Waals surface area contributed by atoms with Crippen LogP contribution >= 0.6 is 0 Å². The Balaban J connectivity index is 1.27. The fraction of sp³-hybridized carbons (Fsp3) is 0.667. The lowest BCUT2D eigenvalue weighted by Crippen LogP contribution is -2.47. The normalized spacial score (nSPS) is 29.4. The lowest BCUT2D eigenvalue weighted by atomic mass is 9.79.